The summed E-state index contributed by atoms with van der Waals surface area (Å²) in [5, 5.41) is 15.8. The fraction of sp³-hybridized carbons (Fsp3) is 0.214. The second-order valence-electron chi connectivity index (χ2n) is 8.12. The highest BCUT2D eigenvalue weighted by Gasteiger charge is 2.19. The molecule has 2 heterocycles. The molecule has 1 unspecified atom stereocenters. The van der Waals surface area contributed by atoms with Gasteiger partial charge in [-0.15, -0.1) is 0 Å². The molecule has 0 amide bonds. The van der Waals surface area contributed by atoms with Crippen molar-refractivity contribution >= 4 is 29.3 Å². The monoisotopic (exact) mass is 496 g/mol. The summed E-state index contributed by atoms with van der Waals surface area (Å²) >= 11 is 1.54. The molecule has 0 aliphatic carbocycles. The number of aromatic nitrogens is 1. The van der Waals surface area contributed by atoms with Crippen LogP contribution in [0.4, 0.5) is 5.82 Å². The van der Waals surface area contributed by atoms with Gasteiger partial charge in [0.1, 0.15) is 17.4 Å². The maximum absolute atomic E-state index is 9.04. The Bertz CT molecular complexity index is 1280. The van der Waals surface area contributed by atoms with Gasteiger partial charge >= 0.3 is 0 Å². The third kappa shape index (κ3) is 6.81. The fourth-order valence-electron chi connectivity index (χ4n) is 3.78. The molecule has 1 atom stereocenters. The molecule has 1 saturated heterocycles. The number of nitrogens with one attached hydrogen (secondary N) is 2. The molecule has 0 radical (unpaired) electrons. The Kier molecular flexibility index (Phi) is 8.87. The summed E-state index contributed by atoms with van der Waals surface area (Å²) in [7, 11) is 1.79. The Morgan fingerprint density at radius 3 is 2.69 bits per heavy atom. The molecular weight excluding hydrogens is 468 g/mol. The van der Waals surface area contributed by atoms with Crippen LogP contribution in [0.15, 0.2) is 99.3 Å². The van der Waals surface area contributed by atoms with E-state index in [2.05, 4.69) is 33.3 Å². The summed E-state index contributed by atoms with van der Waals surface area (Å²) in [6.45, 7) is 5.85. The Balaban J connectivity index is 1.62. The second kappa shape index (κ2) is 12.7. The third-order valence-corrected chi connectivity index (χ3v) is 6.57. The van der Waals surface area contributed by atoms with Crippen molar-refractivity contribution in [1.29, 1.82) is 5.26 Å². The Hall–Kier alpha value is -3.93. The van der Waals surface area contributed by atoms with Crippen molar-refractivity contribution in [3.8, 4) is 17.6 Å². The third-order valence-electron chi connectivity index (χ3n) is 5.60. The topological polar surface area (TPSA) is 94.7 Å². The van der Waals surface area contributed by atoms with Gasteiger partial charge in [-0.25, -0.2) is 9.98 Å². The Labute approximate surface area is 216 Å². The van der Waals surface area contributed by atoms with E-state index in [0.29, 0.717) is 34.6 Å². The van der Waals surface area contributed by atoms with Crippen molar-refractivity contribution in [3.63, 3.8) is 0 Å². The van der Waals surface area contributed by atoms with Crippen LogP contribution >= 0.6 is 11.8 Å². The first-order valence-corrected chi connectivity index (χ1v) is 12.6. The number of piperidine rings is 1. The highest BCUT2D eigenvalue weighted by atomic mass is 32.2. The van der Waals surface area contributed by atoms with Gasteiger partial charge in [-0.05, 0) is 61.9 Å². The first-order chi connectivity index (χ1) is 17.7. The van der Waals surface area contributed by atoms with Crippen LogP contribution in [0, 0.1) is 17.2 Å². The zero-order valence-electron chi connectivity index (χ0n) is 20.1. The minimum Gasteiger partial charge on any atom is -0.453 e. The van der Waals surface area contributed by atoms with E-state index in [-0.39, 0.29) is 0 Å². The molecule has 3 aromatic rings. The normalized spacial score (nSPS) is 16.2. The van der Waals surface area contributed by atoms with Gasteiger partial charge < -0.3 is 15.4 Å². The number of hydrogen-bond donors (Lipinski definition) is 2. The van der Waals surface area contributed by atoms with E-state index in [1.54, 1.807) is 31.5 Å². The molecule has 1 aliphatic rings. The minimum absolute atomic E-state index is 0.299. The lowest BCUT2D eigenvalue weighted by molar-refractivity contribution is 0.453. The molecule has 7 nitrogen and oxygen atoms in total. The summed E-state index contributed by atoms with van der Waals surface area (Å²) in [4.78, 5) is 15.7. The van der Waals surface area contributed by atoms with Gasteiger partial charge in [0.2, 0.25) is 0 Å². The van der Waals surface area contributed by atoms with Gasteiger partial charge in [0, 0.05) is 41.6 Å². The number of hydrogen-bond acceptors (Lipinski definition) is 7. The molecular formula is C28H28N6OS. The molecule has 1 aliphatic heterocycles. The summed E-state index contributed by atoms with van der Waals surface area (Å²) in [5.41, 5.74) is 0.624. The number of rotatable bonds is 7. The summed E-state index contributed by atoms with van der Waals surface area (Å²) in [6, 6.07) is 21.0. The van der Waals surface area contributed by atoms with Crippen LogP contribution in [-0.4, -0.2) is 36.8 Å². The van der Waals surface area contributed by atoms with Crippen molar-refractivity contribution in [2.45, 2.75) is 22.6 Å². The van der Waals surface area contributed by atoms with Crippen molar-refractivity contribution in [2.24, 2.45) is 15.9 Å². The Morgan fingerprint density at radius 1 is 1.22 bits per heavy atom. The fourth-order valence-corrected chi connectivity index (χ4v) is 4.59. The maximum atomic E-state index is 9.04. The Morgan fingerprint density at radius 2 is 2.03 bits per heavy atom. The van der Waals surface area contributed by atoms with Crippen LogP contribution < -0.4 is 15.4 Å². The van der Waals surface area contributed by atoms with Gasteiger partial charge in [0.25, 0.3) is 0 Å². The SMILES string of the molecule is C=C/C(=N\c1ncc(Sc2ccc(C#N)cc2)cc1Oc1ccccc1)NC(=NC)C1CCCNC1. The zero-order valence-corrected chi connectivity index (χ0v) is 21.0. The van der Waals surface area contributed by atoms with E-state index < -0.39 is 0 Å². The largest absolute Gasteiger partial charge is 0.453 e. The van der Waals surface area contributed by atoms with Crippen molar-refractivity contribution in [1.82, 2.24) is 15.6 Å². The van der Waals surface area contributed by atoms with E-state index in [4.69, 9.17) is 15.0 Å². The highest BCUT2D eigenvalue weighted by molar-refractivity contribution is 7.99. The maximum Gasteiger partial charge on any atom is 0.197 e. The van der Waals surface area contributed by atoms with Crippen molar-refractivity contribution < 1.29 is 4.74 Å². The predicted molar refractivity (Wildman–Crippen MR) is 145 cm³/mol. The molecule has 0 spiro atoms. The van der Waals surface area contributed by atoms with Gasteiger partial charge in [0.15, 0.2) is 11.6 Å². The minimum atomic E-state index is 0.299. The summed E-state index contributed by atoms with van der Waals surface area (Å²) < 4.78 is 6.19. The molecule has 8 heteroatoms. The van der Waals surface area contributed by atoms with E-state index in [9.17, 15) is 0 Å². The quantitative estimate of drug-likeness (QED) is 0.320. The van der Waals surface area contributed by atoms with E-state index in [0.717, 1.165) is 41.6 Å². The number of nitriles is 1. The first-order valence-electron chi connectivity index (χ1n) is 11.7. The average Bonchev–Trinajstić information content (AvgIpc) is 2.93. The van der Waals surface area contributed by atoms with Gasteiger partial charge in [0.05, 0.1) is 11.6 Å². The molecule has 2 N–H and O–H groups in total. The number of amidine groups is 2. The van der Waals surface area contributed by atoms with E-state index in [1.165, 1.54) is 11.8 Å². The van der Waals surface area contributed by atoms with E-state index >= 15 is 0 Å². The highest BCUT2D eigenvalue weighted by Crippen LogP contribution is 2.36. The molecule has 182 valence electrons. The molecule has 0 saturated carbocycles. The molecule has 36 heavy (non-hydrogen) atoms. The van der Waals surface area contributed by atoms with Crippen molar-refractivity contribution in [3.05, 3.63) is 85.1 Å². The molecule has 1 aromatic heterocycles. The molecule has 4 rings (SSSR count). The average molecular weight is 497 g/mol. The number of pyridine rings is 1. The van der Waals surface area contributed by atoms with Crippen LogP contribution in [0.25, 0.3) is 0 Å². The van der Waals surface area contributed by atoms with E-state index in [1.807, 2.05) is 48.5 Å². The second-order valence-corrected chi connectivity index (χ2v) is 9.27. The van der Waals surface area contributed by atoms with Gasteiger partial charge in [-0.2, -0.15) is 5.26 Å². The van der Waals surface area contributed by atoms with Gasteiger partial charge in [-0.1, -0.05) is 36.5 Å². The number of ether oxygens (including phenoxy) is 1. The lowest BCUT2D eigenvalue weighted by Crippen LogP contribution is -2.42. The number of nitrogens with zero attached hydrogens (tertiary/aromatic N) is 4. The lowest BCUT2D eigenvalue weighted by Gasteiger charge is -2.24. The number of para-hydroxylation sites is 1. The summed E-state index contributed by atoms with van der Waals surface area (Å²) in [5.74, 6) is 3.37. The predicted octanol–water partition coefficient (Wildman–Crippen LogP) is 5.73. The smallest absolute Gasteiger partial charge is 0.197 e. The van der Waals surface area contributed by atoms with Crippen LogP contribution in [0.5, 0.6) is 11.5 Å². The van der Waals surface area contributed by atoms with Crippen LogP contribution in [0.1, 0.15) is 18.4 Å². The molecule has 2 aromatic carbocycles. The first kappa shape index (κ1) is 25.2. The lowest BCUT2D eigenvalue weighted by atomic mass is 9.98. The van der Waals surface area contributed by atoms with Crippen LogP contribution in [-0.2, 0) is 0 Å². The molecule has 1 fully saturated rings. The van der Waals surface area contributed by atoms with Crippen LogP contribution in [0.3, 0.4) is 0 Å². The zero-order chi connectivity index (χ0) is 25.2. The number of aliphatic imine (C=N–C) groups is 2. The standard InChI is InChI=1S/C28H28N6OS/c1-3-26(33-27(30-2)21-8-7-15-31-18-21)34-28-25(35-22-9-5-4-6-10-22)16-24(19-32-28)36-23-13-11-20(17-29)12-14-23/h3-6,9-14,16,19,21,31H,1,7-8,15,18H2,2H3,(H,30,32,33,34). The van der Waals surface area contributed by atoms with Gasteiger partial charge in [-0.3, -0.25) is 4.99 Å². The van der Waals surface area contributed by atoms with Crippen LogP contribution in [0.2, 0.25) is 0 Å². The number of benzene rings is 2. The van der Waals surface area contributed by atoms with Crippen molar-refractivity contribution in [2.75, 3.05) is 20.1 Å². The molecule has 0 bridgehead atoms. The summed E-state index contributed by atoms with van der Waals surface area (Å²) in [6.07, 6.45) is 5.61.